The van der Waals surface area contributed by atoms with Crippen LogP contribution in [0.3, 0.4) is 0 Å². The van der Waals surface area contributed by atoms with Crippen molar-refractivity contribution in [2.45, 2.75) is 74.1 Å². The molecule has 0 atom stereocenters. The fourth-order valence-corrected chi connectivity index (χ4v) is 4.28. The van der Waals surface area contributed by atoms with E-state index in [9.17, 15) is 0 Å². The lowest BCUT2D eigenvalue weighted by Gasteiger charge is -2.17. The van der Waals surface area contributed by atoms with E-state index in [4.69, 9.17) is 15.0 Å². The molecule has 0 N–H and O–H groups in total. The van der Waals surface area contributed by atoms with Gasteiger partial charge in [0.2, 0.25) is 0 Å². The molecule has 3 nitrogen and oxygen atoms in total. The van der Waals surface area contributed by atoms with Crippen LogP contribution in [0.4, 0.5) is 11.4 Å². The number of aromatic nitrogens is 1. The first-order valence-corrected chi connectivity index (χ1v) is 11.9. The molecule has 0 saturated heterocycles. The second kappa shape index (κ2) is 10.2. The number of para-hydroxylation sites is 1. The zero-order valence-corrected chi connectivity index (χ0v) is 21.6. The van der Waals surface area contributed by atoms with Crippen LogP contribution in [0.1, 0.15) is 92.6 Å². The minimum Gasteiger partial charge on any atom is -0.251 e. The highest BCUT2D eigenvalue weighted by atomic mass is 14.8. The Kier molecular flexibility index (Phi) is 7.63. The van der Waals surface area contributed by atoms with Crippen molar-refractivity contribution in [3.63, 3.8) is 0 Å². The van der Waals surface area contributed by atoms with Gasteiger partial charge in [-0.1, -0.05) is 69.7 Å². The molecule has 0 radical (unpaired) electrons. The van der Waals surface area contributed by atoms with E-state index in [1.54, 1.807) is 0 Å². The molecular formula is C30H37N3. The molecular weight excluding hydrogens is 402 g/mol. The molecule has 1 heterocycles. The van der Waals surface area contributed by atoms with E-state index in [-0.39, 0.29) is 0 Å². The molecule has 3 heteroatoms. The summed E-state index contributed by atoms with van der Waals surface area (Å²) >= 11 is 0. The van der Waals surface area contributed by atoms with E-state index in [1.165, 1.54) is 27.8 Å². The van der Waals surface area contributed by atoms with Gasteiger partial charge >= 0.3 is 0 Å². The zero-order chi connectivity index (χ0) is 24.3. The predicted octanol–water partition coefficient (Wildman–Crippen LogP) is 8.54. The van der Waals surface area contributed by atoms with Gasteiger partial charge in [-0.25, -0.2) is 4.98 Å². The van der Waals surface area contributed by atoms with Crippen LogP contribution in [0.25, 0.3) is 0 Å². The second-order valence-electron chi connectivity index (χ2n) is 9.64. The van der Waals surface area contributed by atoms with Gasteiger partial charge in [0.1, 0.15) is 0 Å². The van der Waals surface area contributed by atoms with Gasteiger partial charge in [0.05, 0.1) is 34.2 Å². The lowest BCUT2D eigenvalue weighted by Crippen LogP contribution is -2.06. The van der Waals surface area contributed by atoms with E-state index in [0.29, 0.717) is 11.8 Å². The first-order chi connectivity index (χ1) is 15.6. The number of hydrogen-bond donors (Lipinski definition) is 0. The summed E-state index contributed by atoms with van der Waals surface area (Å²) in [5, 5.41) is 0. The highest BCUT2D eigenvalue weighted by Gasteiger charge is 2.14. The van der Waals surface area contributed by atoms with Crippen molar-refractivity contribution in [2.75, 3.05) is 0 Å². The topological polar surface area (TPSA) is 37.6 Å². The monoisotopic (exact) mass is 439 g/mol. The molecule has 0 aliphatic carbocycles. The van der Waals surface area contributed by atoms with E-state index in [2.05, 4.69) is 78.8 Å². The molecule has 0 amide bonds. The standard InChI is InChI=1S/C30H37N3/c1-18(2)25-12-10-13-26(19(3)4)30(25)32-24(9)28-15-11-14-27(33-28)23(8)31-29-21(6)16-20(5)17-22(29)7/h10-19H,1-9H3/b31-23+,32-24+. The van der Waals surface area contributed by atoms with E-state index >= 15 is 0 Å². The van der Waals surface area contributed by atoms with Gasteiger partial charge in [-0.3, -0.25) is 9.98 Å². The summed E-state index contributed by atoms with van der Waals surface area (Å²) in [6.07, 6.45) is 0. The van der Waals surface area contributed by atoms with Crippen molar-refractivity contribution in [3.8, 4) is 0 Å². The number of aliphatic imine (C=N–C) groups is 2. The van der Waals surface area contributed by atoms with Crippen molar-refractivity contribution >= 4 is 22.8 Å². The molecule has 2 aromatic carbocycles. The molecule has 1 aromatic heterocycles. The quantitative estimate of drug-likeness (QED) is 0.355. The maximum absolute atomic E-state index is 5.11. The molecule has 0 fully saturated rings. The molecule has 0 bridgehead atoms. The van der Waals surface area contributed by atoms with E-state index < -0.39 is 0 Å². The zero-order valence-electron chi connectivity index (χ0n) is 21.6. The van der Waals surface area contributed by atoms with Crippen LogP contribution in [0, 0.1) is 20.8 Å². The van der Waals surface area contributed by atoms with Gasteiger partial charge in [0.25, 0.3) is 0 Å². The third kappa shape index (κ3) is 5.65. The van der Waals surface area contributed by atoms with E-state index in [0.717, 1.165) is 34.2 Å². The first-order valence-electron chi connectivity index (χ1n) is 11.9. The van der Waals surface area contributed by atoms with Gasteiger partial charge in [0, 0.05) is 0 Å². The molecule has 33 heavy (non-hydrogen) atoms. The lowest BCUT2D eigenvalue weighted by atomic mass is 9.93. The molecule has 0 spiro atoms. The Bertz CT molecular complexity index is 1160. The minimum absolute atomic E-state index is 0.407. The number of hydrogen-bond acceptors (Lipinski definition) is 3. The first kappa shape index (κ1) is 24.6. The largest absolute Gasteiger partial charge is 0.251 e. The molecule has 0 unspecified atom stereocenters. The Morgan fingerprint density at radius 2 is 1.09 bits per heavy atom. The molecule has 0 aliphatic heterocycles. The summed E-state index contributed by atoms with van der Waals surface area (Å²) in [6.45, 7) is 19.3. The van der Waals surface area contributed by atoms with Crippen LogP contribution in [-0.2, 0) is 0 Å². The Morgan fingerprint density at radius 3 is 1.55 bits per heavy atom. The Balaban J connectivity index is 2.04. The van der Waals surface area contributed by atoms with Crippen molar-refractivity contribution in [2.24, 2.45) is 9.98 Å². The summed E-state index contributed by atoms with van der Waals surface area (Å²) in [7, 11) is 0. The average molecular weight is 440 g/mol. The smallest absolute Gasteiger partial charge is 0.0849 e. The maximum atomic E-state index is 5.11. The average Bonchev–Trinajstić information content (AvgIpc) is 2.75. The van der Waals surface area contributed by atoms with Crippen LogP contribution in [-0.4, -0.2) is 16.4 Å². The number of rotatable bonds is 6. The van der Waals surface area contributed by atoms with Gasteiger partial charge in [-0.15, -0.1) is 0 Å². The number of pyridine rings is 1. The summed E-state index contributed by atoms with van der Waals surface area (Å²) in [5.41, 5.74) is 11.9. The van der Waals surface area contributed by atoms with Crippen LogP contribution in [0.2, 0.25) is 0 Å². The van der Waals surface area contributed by atoms with Gasteiger partial charge in [0.15, 0.2) is 0 Å². The highest BCUT2D eigenvalue weighted by Crippen LogP contribution is 2.35. The van der Waals surface area contributed by atoms with Crippen LogP contribution < -0.4 is 0 Å². The number of benzene rings is 2. The van der Waals surface area contributed by atoms with Gasteiger partial charge in [-0.05, 0) is 80.8 Å². The molecule has 3 rings (SSSR count). The van der Waals surface area contributed by atoms with Gasteiger partial charge < -0.3 is 0 Å². The number of aryl methyl sites for hydroxylation is 3. The molecule has 3 aromatic rings. The van der Waals surface area contributed by atoms with Crippen molar-refractivity contribution < 1.29 is 0 Å². The Morgan fingerprint density at radius 1 is 0.667 bits per heavy atom. The highest BCUT2D eigenvalue weighted by molar-refractivity contribution is 6.02. The third-order valence-corrected chi connectivity index (χ3v) is 6.03. The summed E-state index contributed by atoms with van der Waals surface area (Å²) < 4.78 is 0. The predicted molar refractivity (Wildman–Crippen MR) is 143 cm³/mol. The Hall–Kier alpha value is -3.07. The summed E-state index contributed by atoms with van der Waals surface area (Å²) in [6, 6.07) is 17.0. The molecule has 172 valence electrons. The van der Waals surface area contributed by atoms with Gasteiger partial charge in [-0.2, -0.15) is 0 Å². The van der Waals surface area contributed by atoms with E-state index in [1.807, 2.05) is 32.0 Å². The van der Waals surface area contributed by atoms with Crippen LogP contribution in [0.15, 0.2) is 58.5 Å². The van der Waals surface area contributed by atoms with Crippen LogP contribution >= 0.6 is 0 Å². The van der Waals surface area contributed by atoms with Crippen molar-refractivity contribution in [1.29, 1.82) is 0 Å². The summed E-state index contributed by atoms with van der Waals surface area (Å²) in [5.74, 6) is 0.815. The van der Waals surface area contributed by atoms with Crippen LogP contribution in [0.5, 0.6) is 0 Å². The lowest BCUT2D eigenvalue weighted by molar-refractivity contribution is 0.834. The maximum Gasteiger partial charge on any atom is 0.0849 e. The third-order valence-electron chi connectivity index (χ3n) is 6.03. The number of nitrogens with zero attached hydrogens (tertiary/aromatic N) is 3. The Labute approximate surface area is 199 Å². The fourth-order valence-electron chi connectivity index (χ4n) is 4.28. The fraction of sp³-hybridized carbons (Fsp3) is 0.367. The van der Waals surface area contributed by atoms with Crippen molar-refractivity contribution in [1.82, 2.24) is 4.98 Å². The second-order valence-corrected chi connectivity index (χ2v) is 9.64. The normalized spacial score (nSPS) is 12.7. The molecule has 0 saturated carbocycles. The van der Waals surface area contributed by atoms with Crippen molar-refractivity contribution in [3.05, 3.63) is 87.7 Å². The molecule has 0 aliphatic rings. The summed E-state index contributed by atoms with van der Waals surface area (Å²) in [4.78, 5) is 15.0. The SMILES string of the molecule is C/C(=N\c1c(C)cc(C)cc1C)c1cccc(/C(C)=N/c2c(C(C)C)cccc2C(C)C)n1. The minimum atomic E-state index is 0.407.